The van der Waals surface area contributed by atoms with E-state index in [1.165, 1.54) is 102 Å². The van der Waals surface area contributed by atoms with Gasteiger partial charge in [-0.1, -0.05) is 108 Å². The molecule has 0 nitrogen and oxygen atoms in total. The molecular formula is C45H44Cl2Zr-2. The summed E-state index contributed by atoms with van der Waals surface area (Å²) in [6.45, 7) is 18.0. The van der Waals surface area contributed by atoms with Crippen LogP contribution < -0.4 is 24.8 Å². The molecule has 1 unspecified atom stereocenters. The molecule has 0 saturated carbocycles. The van der Waals surface area contributed by atoms with E-state index in [9.17, 15) is 0 Å². The van der Waals surface area contributed by atoms with Crippen LogP contribution in [0.4, 0.5) is 0 Å². The van der Waals surface area contributed by atoms with Crippen molar-refractivity contribution in [1.82, 2.24) is 0 Å². The first-order valence-electron chi connectivity index (χ1n) is 16.5. The van der Waals surface area contributed by atoms with E-state index in [0.29, 0.717) is 5.92 Å². The molecule has 0 radical (unpaired) electrons. The summed E-state index contributed by atoms with van der Waals surface area (Å²) in [5.74, 6) is 0.468. The number of benzene rings is 4. The normalized spacial score (nSPS) is 17.9. The van der Waals surface area contributed by atoms with E-state index in [1.54, 1.807) is 0 Å². The third kappa shape index (κ3) is 7.50. The topological polar surface area (TPSA) is 0 Å². The number of fused-ring (bicyclic) bond motifs is 5. The summed E-state index contributed by atoms with van der Waals surface area (Å²) < 4.78 is 2.17. The van der Waals surface area contributed by atoms with E-state index < -0.39 is 0 Å². The molecule has 8 rings (SSSR count). The van der Waals surface area contributed by atoms with Gasteiger partial charge in [-0.2, -0.15) is 17.2 Å². The second kappa shape index (κ2) is 15.0. The fraction of sp³-hybridized carbons (Fsp3) is 0.267. The van der Waals surface area contributed by atoms with Gasteiger partial charge in [0.2, 0.25) is 0 Å². The van der Waals surface area contributed by atoms with Gasteiger partial charge in [-0.15, -0.1) is 17.2 Å². The molecule has 0 fully saturated rings. The second-order valence-electron chi connectivity index (χ2n) is 14.3. The van der Waals surface area contributed by atoms with Crippen molar-refractivity contribution >= 4 is 20.4 Å². The van der Waals surface area contributed by atoms with Crippen LogP contribution in [-0.2, 0) is 41.5 Å². The molecule has 0 N–H and O–H groups in total. The Morgan fingerprint density at radius 1 is 0.708 bits per heavy atom. The SMILES string of the molecule is CC1=[C-]C(C)(C)c2cc3c(cc21)-c1cc2c(cc1C3)C(C)(C)C=C2C.CC1=[C-]C(C)C=C1c1ccccc1.[Cl-].[Cl-].[Zr+2]=[CH]c1ccccc1. The Labute approximate surface area is 316 Å². The number of rotatable bonds is 2. The van der Waals surface area contributed by atoms with E-state index in [4.69, 9.17) is 0 Å². The first kappa shape index (κ1) is 38.0. The molecule has 4 aromatic rings. The van der Waals surface area contributed by atoms with E-state index in [-0.39, 0.29) is 35.6 Å². The molecule has 0 amide bonds. The molecule has 0 bridgehead atoms. The summed E-state index contributed by atoms with van der Waals surface area (Å²) in [7, 11) is 0. The van der Waals surface area contributed by atoms with Crippen molar-refractivity contribution in [2.24, 2.45) is 5.92 Å². The first-order chi connectivity index (χ1) is 21.9. The number of halogens is 2. The Kier molecular flexibility index (Phi) is 11.8. The van der Waals surface area contributed by atoms with Crippen LogP contribution in [0.3, 0.4) is 0 Å². The van der Waals surface area contributed by atoms with Crippen LogP contribution in [-0.4, -0.2) is 3.71 Å². The van der Waals surface area contributed by atoms with Gasteiger partial charge in [0.25, 0.3) is 0 Å². The van der Waals surface area contributed by atoms with Crippen molar-refractivity contribution in [3.8, 4) is 11.1 Å². The molecule has 1 atom stereocenters. The minimum atomic E-state index is 0. The molecule has 48 heavy (non-hydrogen) atoms. The van der Waals surface area contributed by atoms with Crippen LogP contribution in [0.15, 0.2) is 103 Å². The molecule has 0 aliphatic heterocycles. The Bertz CT molecular complexity index is 1870. The summed E-state index contributed by atoms with van der Waals surface area (Å²) in [5, 5.41) is 0. The minimum absolute atomic E-state index is 0. The van der Waals surface area contributed by atoms with Gasteiger partial charge in [0.15, 0.2) is 0 Å². The molecule has 0 spiro atoms. The molecule has 4 aromatic carbocycles. The molecule has 4 aliphatic rings. The van der Waals surface area contributed by atoms with Gasteiger partial charge in [-0.25, -0.2) is 11.1 Å². The van der Waals surface area contributed by atoms with E-state index in [2.05, 4.69) is 156 Å². The van der Waals surface area contributed by atoms with Crippen LogP contribution in [0, 0.1) is 18.1 Å². The first-order valence-corrected chi connectivity index (χ1v) is 17.9. The quantitative estimate of drug-likeness (QED) is 0.215. The van der Waals surface area contributed by atoms with Crippen LogP contribution in [0.2, 0.25) is 0 Å². The fourth-order valence-corrected chi connectivity index (χ4v) is 8.06. The molecule has 3 heteroatoms. The zero-order valence-corrected chi connectivity index (χ0v) is 33.3. The molecular weight excluding hydrogens is 703 g/mol. The van der Waals surface area contributed by atoms with Gasteiger partial charge >= 0.3 is 63.8 Å². The standard InChI is InChI=1S/C25H25.C13H13.C7H6.2ClH.Zr/c1-14-12-24(3,4)22-8-16-7-17-9-23-19(15(2)13-25(23,5)6)11-21(17)20(16)10-18(14)22;1-10-8-11(2)13(9-10)12-6-4-3-5-7-12;1-7-5-3-2-4-6-7;;;/h8-12H,7H2,1-6H3;3-7,9-10H,1-2H3;1-6H;2*1H;/q2*-1;;;;+2/p-2. The Hall–Kier alpha value is -2.83. The zero-order chi connectivity index (χ0) is 32.8. The summed E-state index contributed by atoms with van der Waals surface area (Å²) in [6.07, 6.45) is 12.8. The number of hydrogen-bond donors (Lipinski definition) is 0. The predicted octanol–water partition coefficient (Wildman–Crippen LogP) is 5.31. The summed E-state index contributed by atoms with van der Waals surface area (Å²) in [5.41, 5.74) is 19.8. The van der Waals surface area contributed by atoms with Crippen molar-refractivity contribution < 1.29 is 49.0 Å². The molecule has 0 heterocycles. The van der Waals surface area contributed by atoms with Gasteiger partial charge in [-0.3, -0.25) is 12.2 Å². The van der Waals surface area contributed by atoms with Crippen molar-refractivity contribution in [1.29, 1.82) is 0 Å². The van der Waals surface area contributed by atoms with E-state index >= 15 is 0 Å². The van der Waals surface area contributed by atoms with Gasteiger partial charge in [0.1, 0.15) is 0 Å². The van der Waals surface area contributed by atoms with Gasteiger partial charge in [0, 0.05) is 5.41 Å². The van der Waals surface area contributed by atoms with E-state index in [1.807, 2.05) is 12.1 Å². The zero-order valence-electron chi connectivity index (χ0n) is 29.4. The molecule has 244 valence electrons. The average Bonchev–Trinajstić information content (AvgIpc) is 3.70. The predicted molar refractivity (Wildman–Crippen MR) is 194 cm³/mol. The molecule has 0 aromatic heterocycles. The maximum atomic E-state index is 3.65. The van der Waals surface area contributed by atoms with Crippen molar-refractivity contribution in [3.05, 3.63) is 159 Å². The third-order valence-corrected chi connectivity index (χ3v) is 10.6. The maximum absolute atomic E-state index is 3.65. The van der Waals surface area contributed by atoms with Gasteiger partial charge in [-0.05, 0) is 58.4 Å². The fourth-order valence-electron chi connectivity index (χ4n) is 7.59. The van der Waals surface area contributed by atoms with Gasteiger partial charge in [0.05, 0.1) is 0 Å². The van der Waals surface area contributed by atoms with Crippen LogP contribution >= 0.6 is 0 Å². The summed E-state index contributed by atoms with van der Waals surface area (Å²) in [4.78, 5) is 0. The van der Waals surface area contributed by atoms with Crippen LogP contribution in [0.1, 0.15) is 99.9 Å². The average molecular weight is 747 g/mol. The number of hydrogen-bond acceptors (Lipinski definition) is 0. The summed E-state index contributed by atoms with van der Waals surface area (Å²) >= 11 is 1.46. The van der Waals surface area contributed by atoms with Crippen LogP contribution in [0.25, 0.3) is 27.8 Å². The summed E-state index contributed by atoms with van der Waals surface area (Å²) in [6, 6.07) is 30.6. The molecule has 0 saturated heterocycles. The molecule has 4 aliphatic carbocycles. The Morgan fingerprint density at radius 2 is 1.27 bits per heavy atom. The Balaban J connectivity index is 0.000000190. The van der Waals surface area contributed by atoms with Crippen LogP contribution in [0.5, 0.6) is 0 Å². The van der Waals surface area contributed by atoms with Gasteiger partial charge < -0.3 is 24.8 Å². The Morgan fingerprint density at radius 3 is 1.81 bits per heavy atom. The second-order valence-corrected chi connectivity index (χ2v) is 15.0. The van der Waals surface area contributed by atoms with E-state index in [0.717, 1.165) is 6.42 Å². The van der Waals surface area contributed by atoms with Crippen molar-refractivity contribution in [3.63, 3.8) is 0 Å². The van der Waals surface area contributed by atoms with Crippen molar-refractivity contribution in [2.45, 2.75) is 72.6 Å². The van der Waals surface area contributed by atoms with Crippen molar-refractivity contribution in [2.75, 3.05) is 0 Å². The monoisotopic (exact) mass is 744 g/mol. The number of allylic oxidation sites excluding steroid dienone is 8. The third-order valence-electron chi connectivity index (χ3n) is 9.75.